The van der Waals surface area contributed by atoms with Crippen LogP contribution in [0.15, 0.2) is 24.3 Å². The molecule has 72 valence electrons. The van der Waals surface area contributed by atoms with Crippen molar-refractivity contribution in [1.29, 1.82) is 0 Å². The summed E-state index contributed by atoms with van der Waals surface area (Å²) in [5.41, 5.74) is 8.16. The first kappa shape index (κ1) is 10.3. The van der Waals surface area contributed by atoms with E-state index in [2.05, 4.69) is 38.1 Å². The quantitative estimate of drug-likeness (QED) is 0.752. The first-order valence-electron chi connectivity index (χ1n) is 5.00. The summed E-state index contributed by atoms with van der Waals surface area (Å²) in [7, 11) is 0. The molecule has 2 N–H and O–H groups in total. The zero-order valence-corrected chi connectivity index (χ0v) is 8.59. The van der Waals surface area contributed by atoms with E-state index in [4.69, 9.17) is 5.73 Å². The van der Waals surface area contributed by atoms with Crippen LogP contribution in [0.4, 0.5) is 0 Å². The fourth-order valence-corrected chi connectivity index (χ4v) is 1.30. The summed E-state index contributed by atoms with van der Waals surface area (Å²) in [5.74, 6) is 0.786. The third-order valence-corrected chi connectivity index (χ3v) is 2.27. The molecule has 0 unspecified atom stereocenters. The van der Waals surface area contributed by atoms with Gasteiger partial charge in [0, 0.05) is 6.54 Å². The normalized spacial score (nSPS) is 10.8. The van der Waals surface area contributed by atoms with Gasteiger partial charge in [0.2, 0.25) is 0 Å². The van der Waals surface area contributed by atoms with E-state index in [-0.39, 0.29) is 0 Å². The van der Waals surface area contributed by atoms with Gasteiger partial charge in [-0.05, 0) is 29.9 Å². The van der Waals surface area contributed by atoms with Crippen molar-refractivity contribution in [2.24, 2.45) is 11.7 Å². The molecule has 1 rings (SSSR count). The lowest BCUT2D eigenvalue weighted by atomic mass is 10.0. The van der Waals surface area contributed by atoms with Gasteiger partial charge in [0.05, 0.1) is 0 Å². The molecule has 0 saturated heterocycles. The van der Waals surface area contributed by atoms with Gasteiger partial charge in [-0.3, -0.25) is 0 Å². The zero-order chi connectivity index (χ0) is 9.68. The fraction of sp³-hybridized carbons (Fsp3) is 0.500. The molecule has 0 bridgehead atoms. The van der Waals surface area contributed by atoms with Crippen LogP contribution in [0, 0.1) is 5.92 Å². The van der Waals surface area contributed by atoms with Gasteiger partial charge in [-0.1, -0.05) is 38.1 Å². The highest BCUT2D eigenvalue weighted by Crippen LogP contribution is 2.09. The molecule has 0 heterocycles. The molecule has 1 aromatic carbocycles. The molecular weight excluding hydrogens is 158 g/mol. The van der Waals surface area contributed by atoms with E-state index in [9.17, 15) is 0 Å². The molecule has 0 atom stereocenters. The first-order valence-corrected chi connectivity index (χ1v) is 5.00. The molecule has 13 heavy (non-hydrogen) atoms. The summed E-state index contributed by atoms with van der Waals surface area (Å²) in [6.45, 7) is 5.16. The van der Waals surface area contributed by atoms with Crippen molar-refractivity contribution in [3.63, 3.8) is 0 Å². The number of hydrogen-bond donors (Lipinski definition) is 1. The number of aryl methyl sites for hydroxylation is 1. The Hall–Kier alpha value is -0.820. The molecule has 0 aromatic heterocycles. The Morgan fingerprint density at radius 3 is 2.08 bits per heavy atom. The lowest BCUT2D eigenvalue weighted by molar-refractivity contribution is 0.586. The summed E-state index contributed by atoms with van der Waals surface area (Å²) in [6.07, 6.45) is 2.45. The van der Waals surface area contributed by atoms with E-state index in [1.807, 2.05) is 0 Å². The van der Waals surface area contributed by atoms with E-state index in [1.165, 1.54) is 24.0 Å². The SMILES string of the molecule is CC(C)CCc1ccc(CN)cc1. The standard InChI is InChI=1S/C12H19N/c1-10(2)3-4-11-5-7-12(9-13)8-6-11/h5-8,10H,3-4,9,13H2,1-2H3. The molecule has 0 amide bonds. The molecule has 0 fully saturated rings. The molecule has 0 saturated carbocycles. The van der Waals surface area contributed by atoms with Crippen molar-refractivity contribution < 1.29 is 0 Å². The molecular formula is C12H19N. The predicted molar refractivity (Wildman–Crippen MR) is 57.5 cm³/mol. The van der Waals surface area contributed by atoms with Gasteiger partial charge in [-0.2, -0.15) is 0 Å². The average molecular weight is 177 g/mol. The zero-order valence-electron chi connectivity index (χ0n) is 8.59. The average Bonchev–Trinajstić information content (AvgIpc) is 2.15. The second-order valence-corrected chi connectivity index (χ2v) is 3.95. The van der Waals surface area contributed by atoms with E-state index >= 15 is 0 Å². The van der Waals surface area contributed by atoms with Gasteiger partial charge in [0.15, 0.2) is 0 Å². The van der Waals surface area contributed by atoms with Crippen LogP contribution in [-0.4, -0.2) is 0 Å². The molecule has 0 aliphatic carbocycles. The third-order valence-electron chi connectivity index (χ3n) is 2.27. The van der Waals surface area contributed by atoms with Gasteiger partial charge in [0.25, 0.3) is 0 Å². The van der Waals surface area contributed by atoms with Gasteiger partial charge >= 0.3 is 0 Å². The number of nitrogens with two attached hydrogens (primary N) is 1. The maximum absolute atomic E-state index is 5.52. The number of rotatable bonds is 4. The van der Waals surface area contributed by atoms with Crippen molar-refractivity contribution in [1.82, 2.24) is 0 Å². The molecule has 1 heteroatoms. The topological polar surface area (TPSA) is 26.0 Å². The second kappa shape index (κ2) is 5.03. The van der Waals surface area contributed by atoms with Crippen LogP contribution < -0.4 is 5.73 Å². The van der Waals surface area contributed by atoms with Gasteiger partial charge in [-0.25, -0.2) is 0 Å². The molecule has 0 aliphatic heterocycles. The molecule has 0 aliphatic rings. The van der Waals surface area contributed by atoms with Crippen LogP contribution in [0.2, 0.25) is 0 Å². The largest absolute Gasteiger partial charge is 0.326 e. The van der Waals surface area contributed by atoms with E-state index < -0.39 is 0 Å². The highest BCUT2D eigenvalue weighted by Gasteiger charge is 1.96. The van der Waals surface area contributed by atoms with Crippen LogP contribution in [0.5, 0.6) is 0 Å². The van der Waals surface area contributed by atoms with Crippen molar-refractivity contribution in [3.8, 4) is 0 Å². The maximum Gasteiger partial charge on any atom is 0.0178 e. The Morgan fingerprint density at radius 1 is 1.08 bits per heavy atom. The highest BCUT2D eigenvalue weighted by atomic mass is 14.5. The minimum atomic E-state index is 0.643. The monoisotopic (exact) mass is 177 g/mol. The Kier molecular flexibility index (Phi) is 3.97. The van der Waals surface area contributed by atoms with Crippen LogP contribution in [-0.2, 0) is 13.0 Å². The van der Waals surface area contributed by atoms with Crippen LogP contribution in [0.25, 0.3) is 0 Å². The van der Waals surface area contributed by atoms with E-state index in [1.54, 1.807) is 0 Å². The van der Waals surface area contributed by atoms with Crippen LogP contribution >= 0.6 is 0 Å². The molecule has 1 nitrogen and oxygen atoms in total. The lowest BCUT2D eigenvalue weighted by Crippen LogP contribution is -1.97. The maximum atomic E-state index is 5.52. The minimum Gasteiger partial charge on any atom is -0.326 e. The van der Waals surface area contributed by atoms with E-state index in [0.717, 1.165) is 5.92 Å². The smallest absolute Gasteiger partial charge is 0.0178 e. The Labute approximate surface area is 81.0 Å². The molecule has 1 aromatic rings. The van der Waals surface area contributed by atoms with Crippen LogP contribution in [0.3, 0.4) is 0 Å². The van der Waals surface area contributed by atoms with Crippen molar-refractivity contribution in [2.75, 3.05) is 0 Å². The van der Waals surface area contributed by atoms with Gasteiger partial charge < -0.3 is 5.73 Å². The summed E-state index contributed by atoms with van der Waals surface area (Å²) >= 11 is 0. The summed E-state index contributed by atoms with van der Waals surface area (Å²) in [5, 5.41) is 0. The van der Waals surface area contributed by atoms with Crippen LogP contribution in [0.1, 0.15) is 31.4 Å². The summed E-state index contributed by atoms with van der Waals surface area (Å²) < 4.78 is 0. The summed E-state index contributed by atoms with van der Waals surface area (Å²) in [4.78, 5) is 0. The highest BCUT2D eigenvalue weighted by molar-refractivity contribution is 5.22. The van der Waals surface area contributed by atoms with Gasteiger partial charge in [-0.15, -0.1) is 0 Å². The Bertz CT molecular complexity index is 236. The van der Waals surface area contributed by atoms with Crippen molar-refractivity contribution >= 4 is 0 Å². The van der Waals surface area contributed by atoms with Crippen molar-refractivity contribution in [2.45, 2.75) is 33.2 Å². The first-order chi connectivity index (χ1) is 6.22. The minimum absolute atomic E-state index is 0.643. The van der Waals surface area contributed by atoms with Gasteiger partial charge in [0.1, 0.15) is 0 Å². The van der Waals surface area contributed by atoms with Crippen molar-refractivity contribution in [3.05, 3.63) is 35.4 Å². The lowest BCUT2D eigenvalue weighted by Gasteiger charge is -2.05. The summed E-state index contributed by atoms with van der Waals surface area (Å²) in [6, 6.07) is 8.61. The second-order valence-electron chi connectivity index (χ2n) is 3.95. The third kappa shape index (κ3) is 3.60. The molecule has 0 spiro atoms. The number of benzene rings is 1. The Morgan fingerprint density at radius 2 is 1.62 bits per heavy atom. The fourth-order valence-electron chi connectivity index (χ4n) is 1.30. The predicted octanol–water partition coefficient (Wildman–Crippen LogP) is 2.73. The molecule has 0 radical (unpaired) electrons. The Balaban J connectivity index is 2.49. The van der Waals surface area contributed by atoms with E-state index in [0.29, 0.717) is 6.54 Å². The number of hydrogen-bond acceptors (Lipinski definition) is 1.